The van der Waals surface area contributed by atoms with Crippen LogP contribution in [0.2, 0.25) is 0 Å². The molecule has 31 heavy (non-hydrogen) atoms. The van der Waals surface area contributed by atoms with Gasteiger partial charge >= 0.3 is 11.9 Å². The van der Waals surface area contributed by atoms with Crippen LogP contribution in [-0.2, 0) is 24.3 Å². The molecule has 0 fully saturated rings. The van der Waals surface area contributed by atoms with Gasteiger partial charge in [-0.1, -0.05) is 6.92 Å². The summed E-state index contributed by atoms with van der Waals surface area (Å²) in [6, 6.07) is 8.02. The molecule has 0 atom stereocenters. The molecule has 1 amide bonds. The smallest absolute Gasteiger partial charge is 0.337 e. The fourth-order valence-corrected chi connectivity index (χ4v) is 4.06. The van der Waals surface area contributed by atoms with Crippen molar-refractivity contribution in [2.45, 2.75) is 11.8 Å². The Morgan fingerprint density at radius 1 is 0.968 bits per heavy atom. The number of rotatable bonds is 8. The van der Waals surface area contributed by atoms with Gasteiger partial charge in [-0.05, 0) is 42.5 Å². The summed E-state index contributed by atoms with van der Waals surface area (Å²) >= 11 is 0. The van der Waals surface area contributed by atoms with Crippen LogP contribution in [-0.4, -0.2) is 57.9 Å². The van der Waals surface area contributed by atoms with E-state index in [-0.39, 0.29) is 28.3 Å². The molecular formula is C20H21FN2O7S. The minimum absolute atomic E-state index is 0.00742. The number of halogens is 1. The van der Waals surface area contributed by atoms with E-state index in [2.05, 4.69) is 14.8 Å². The highest BCUT2D eigenvalue weighted by Gasteiger charge is 2.25. The van der Waals surface area contributed by atoms with Crippen LogP contribution in [0.3, 0.4) is 0 Å². The third kappa shape index (κ3) is 5.86. The van der Waals surface area contributed by atoms with Gasteiger partial charge in [-0.15, -0.1) is 0 Å². The lowest BCUT2D eigenvalue weighted by molar-refractivity contribution is -0.116. The quantitative estimate of drug-likeness (QED) is 0.609. The molecule has 2 aromatic carbocycles. The summed E-state index contributed by atoms with van der Waals surface area (Å²) in [4.78, 5) is 36.0. The number of hydrogen-bond donors (Lipinski definition) is 1. The average Bonchev–Trinajstić information content (AvgIpc) is 2.76. The first-order chi connectivity index (χ1) is 14.6. The number of methoxy groups -OCH3 is 2. The molecule has 166 valence electrons. The second-order valence-corrected chi connectivity index (χ2v) is 8.15. The number of esters is 2. The number of likely N-dealkylation sites (N-methyl/N-ethyl adjacent to an activating group) is 1. The maximum Gasteiger partial charge on any atom is 0.337 e. The highest BCUT2D eigenvalue weighted by atomic mass is 32.2. The molecule has 0 saturated heterocycles. The van der Waals surface area contributed by atoms with Crippen LogP contribution in [0.1, 0.15) is 27.6 Å². The minimum Gasteiger partial charge on any atom is -0.465 e. The Kier molecular flexibility index (Phi) is 7.83. The molecule has 2 aromatic rings. The maximum atomic E-state index is 13.1. The molecule has 0 unspecified atom stereocenters. The summed E-state index contributed by atoms with van der Waals surface area (Å²) in [6.07, 6.45) is 0. The molecular weight excluding hydrogens is 431 g/mol. The first-order valence-electron chi connectivity index (χ1n) is 8.99. The number of nitrogens with one attached hydrogen (secondary N) is 1. The van der Waals surface area contributed by atoms with Gasteiger partial charge in [0.1, 0.15) is 5.82 Å². The zero-order chi connectivity index (χ0) is 23.2. The first kappa shape index (κ1) is 24.0. The fourth-order valence-electron chi connectivity index (χ4n) is 2.65. The van der Waals surface area contributed by atoms with Gasteiger partial charge < -0.3 is 14.8 Å². The molecule has 0 aliphatic carbocycles. The van der Waals surface area contributed by atoms with Crippen molar-refractivity contribution < 1.29 is 36.7 Å². The second-order valence-electron chi connectivity index (χ2n) is 6.22. The summed E-state index contributed by atoms with van der Waals surface area (Å²) in [7, 11) is -1.73. The monoisotopic (exact) mass is 452 g/mol. The molecule has 2 rings (SSSR count). The van der Waals surface area contributed by atoms with Gasteiger partial charge in [0, 0.05) is 12.2 Å². The summed E-state index contributed by atoms with van der Waals surface area (Å²) in [6.45, 7) is 0.969. The maximum absolute atomic E-state index is 13.1. The van der Waals surface area contributed by atoms with Crippen molar-refractivity contribution in [2.75, 3.05) is 32.6 Å². The first-order valence-corrected chi connectivity index (χ1v) is 10.4. The number of amides is 1. The zero-order valence-corrected chi connectivity index (χ0v) is 17.9. The lowest BCUT2D eigenvalue weighted by Crippen LogP contribution is -2.37. The number of hydrogen-bond acceptors (Lipinski definition) is 7. The number of carbonyl (C=O) groups excluding carboxylic acids is 3. The molecule has 0 aromatic heterocycles. The van der Waals surface area contributed by atoms with Crippen molar-refractivity contribution in [2.24, 2.45) is 0 Å². The summed E-state index contributed by atoms with van der Waals surface area (Å²) in [5.74, 6) is -2.79. The fraction of sp³-hybridized carbons (Fsp3) is 0.250. The summed E-state index contributed by atoms with van der Waals surface area (Å²) in [5.41, 5.74) is 0.0579. The lowest BCUT2D eigenvalue weighted by atomic mass is 10.1. The highest BCUT2D eigenvalue weighted by Crippen LogP contribution is 2.19. The van der Waals surface area contributed by atoms with E-state index in [1.54, 1.807) is 6.92 Å². The van der Waals surface area contributed by atoms with Crippen LogP contribution < -0.4 is 5.32 Å². The van der Waals surface area contributed by atoms with Crippen LogP contribution in [0.15, 0.2) is 47.4 Å². The number of carbonyl (C=O) groups is 3. The van der Waals surface area contributed by atoms with Crippen LogP contribution in [0, 0.1) is 5.82 Å². The second kappa shape index (κ2) is 10.1. The standard InChI is InChI=1S/C20H21FN2O7S/c1-4-23(31(27,28)17-7-5-15(21)6-8-17)12-18(24)22-16-10-13(19(25)29-2)9-14(11-16)20(26)30-3/h5-11H,4,12H2,1-3H3,(H,22,24). The van der Waals surface area contributed by atoms with Gasteiger partial charge in [-0.25, -0.2) is 22.4 Å². The molecule has 9 nitrogen and oxygen atoms in total. The van der Waals surface area contributed by atoms with Crippen molar-refractivity contribution in [1.82, 2.24) is 4.31 Å². The number of ether oxygens (including phenoxy) is 2. The van der Waals surface area contributed by atoms with Gasteiger partial charge in [-0.3, -0.25) is 4.79 Å². The van der Waals surface area contributed by atoms with E-state index in [4.69, 9.17) is 0 Å². The molecule has 0 saturated carbocycles. The van der Waals surface area contributed by atoms with Gasteiger partial charge in [-0.2, -0.15) is 4.31 Å². The van der Waals surface area contributed by atoms with Crippen molar-refractivity contribution in [3.63, 3.8) is 0 Å². The van der Waals surface area contributed by atoms with Crippen LogP contribution in [0.5, 0.6) is 0 Å². The molecule has 0 bridgehead atoms. The van der Waals surface area contributed by atoms with E-state index in [9.17, 15) is 27.2 Å². The zero-order valence-electron chi connectivity index (χ0n) is 17.0. The largest absolute Gasteiger partial charge is 0.465 e. The van der Waals surface area contributed by atoms with Crippen molar-refractivity contribution >= 4 is 33.6 Å². The number of sulfonamides is 1. The molecule has 0 radical (unpaired) electrons. The topological polar surface area (TPSA) is 119 Å². The summed E-state index contributed by atoms with van der Waals surface area (Å²) in [5, 5.41) is 2.46. The van der Waals surface area contributed by atoms with Crippen molar-refractivity contribution in [3.8, 4) is 0 Å². The molecule has 11 heteroatoms. The normalized spacial score (nSPS) is 11.1. The van der Waals surface area contributed by atoms with Crippen LogP contribution >= 0.6 is 0 Å². The number of benzene rings is 2. The van der Waals surface area contributed by atoms with Crippen LogP contribution in [0.25, 0.3) is 0 Å². The van der Waals surface area contributed by atoms with Gasteiger partial charge in [0.2, 0.25) is 15.9 Å². The number of anilines is 1. The Bertz CT molecular complexity index is 1050. The van der Waals surface area contributed by atoms with Gasteiger partial charge in [0.25, 0.3) is 0 Å². The Morgan fingerprint density at radius 3 is 1.94 bits per heavy atom. The van der Waals surface area contributed by atoms with E-state index in [0.29, 0.717) is 0 Å². The molecule has 0 aliphatic heterocycles. The van der Waals surface area contributed by atoms with Crippen LogP contribution in [0.4, 0.5) is 10.1 Å². The van der Waals surface area contributed by atoms with E-state index < -0.39 is 40.2 Å². The third-order valence-electron chi connectivity index (χ3n) is 4.18. The predicted octanol–water partition coefficient (Wildman–Crippen LogP) is 2.05. The predicted molar refractivity (Wildman–Crippen MR) is 109 cm³/mol. The van der Waals surface area contributed by atoms with Crippen molar-refractivity contribution in [3.05, 3.63) is 59.4 Å². The average molecular weight is 452 g/mol. The Hall–Kier alpha value is -3.31. The third-order valence-corrected chi connectivity index (χ3v) is 6.12. The highest BCUT2D eigenvalue weighted by molar-refractivity contribution is 7.89. The van der Waals surface area contributed by atoms with E-state index >= 15 is 0 Å². The molecule has 0 heterocycles. The Balaban J connectivity index is 2.26. The van der Waals surface area contributed by atoms with E-state index in [1.807, 2.05) is 0 Å². The molecule has 1 N–H and O–H groups in total. The van der Waals surface area contributed by atoms with E-state index in [1.165, 1.54) is 18.2 Å². The van der Waals surface area contributed by atoms with Gasteiger partial charge in [0.05, 0.1) is 36.8 Å². The summed E-state index contributed by atoms with van der Waals surface area (Å²) < 4.78 is 48.7. The SMILES string of the molecule is CCN(CC(=O)Nc1cc(C(=O)OC)cc(C(=O)OC)c1)S(=O)(=O)c1ccc(F)cc1. The van der Waals surface area contributed by atoms with E-state index in [0.717, 1.165) is 42.8 Å². The Labute approximate surface area is 178 Å². The molecule has 0 aliphatic rings. The minimum atomic E-state index is -4.05. The van der Waals surface area contributed by atoms with Gasteiger partial charge in [0.15, 0.2) is 0 Å². The lowest BCUT2D eigenvalue weighted by Gasteiger charge is -2.20. The number of nitrogens with zero attached hydrogens (tertiary/aromatic N) is 1. The van der Waals surface area contributed by atoms with Crippen molar-refractivity contribution in [1.29, 1.82) is 0 Å². The Morgan fingerprint density at radius 2 is 1.48 bits per heavy atom. The molecule has 0 spiro atoms.